The Morgan fingerprint density at radius 1 is 1.19 bits per heavy atom. The van der Waals surface area contributed by atoms with E-state index in [1.54, 1.807) is 49.9 Å². The van der Waals surface area contributed by atoms with E-state index in [2.05, 4.69) is 25.3 Å². The number of hydrogen-bond acceptors (Lipinski definition) is 7. The number of rotatable bonds is 8. The van der Waals surface area contributed by atoms with Crippen LogP contribution in [0.3, 0.4) is 0 Å². The summed E-state index contributed by atoms with van der Waals surface area (Å²) in [6.07, 6.45) is 4.63. The van der Waals surface area contributed by atoms with Crippen molar-refractivity contribution in [3.8, 4) is 17.0 Å². The van der Waals surface area contributed by atoms with E-state index in [1.807, 2.05) is 12.1 Å². The van der Waals surface area contributed by atoms with Gasteiger partial charge in [0.2, 0.25) is 11.8 Å². The van der Waals surface area contributed by atoms with Crippen LogP contribution >= 0.6 is 11.3 Å². The molecule has 3 rings (SSSR count). The highest BCUT2D eigenvalue weighted by atomic mass is 32.1. The number of aromatic amines is 1. The molecule has 0 aliphatic rings. The van der Waals surface area contributed by atoms with Crippen LogP contribution in [0.15, 0.2) is 48.0 Å². The summed E-state index contributed by atoms with van der Waals surface area (Å²) >= 11 is 1.23. The molecule has 2 amide bonds. The molecular weight excluding hydrogens is 432 g/mol. The van der Waals surface area contributed by atoms with Gasteiger partial charge < -0.3 is 25.1 Å². The minimum Gasteiger partial charge on any atom is -0.497 e. The first-order valence-electron chi connectivity index (χ1n) is 9.55. The second-order valence-corrected chi connectivity index (χ2v) is 7.52. The normalized spacial score (nSPS) is 11.7. The molecule has 0 spiro atoms. The number of anilines is 1. The number of hydrogen-bond donors (Lipinski definition) is 3. The number of carbonyl (C=O) groups is 3. The maximum atomic E-state index is 12.4. The summed E-state index contributed by atoms with van der Waals surface area (Å²) in [5, 5.41) is 7.42. The lowest BCUT2D eigenvalue weighted by Crippen LogP contribution is -2.40. The third-order valence-electron chi connectivity index (χ3n) is 4.41. The third kappa shape index (κ3) is 5.82. The predicted molar refractivity (Wildman–Crippen MR) is 122 cm³/mol. The monoisotopic (exact) mass is 454 g/mol. The number of H-pyrrole nitrogens is 1. The molecule has 3 aromatic rings. The average Bonchev–Trinajstić information content (AvgIpc) is 3.47. The van der Waals surface area contributed by atoms with Gasteiger partial charge in [-0.15, -0.1) is 11.3 Å². The van der Waals surface area contributed by atoms with Gasteiger partial charge in [-0.05, 0) is 36.8 Å². The Kier molecular flexibility index (Phi) is 7.40. The van der Waals surface area contributed by atoms with Crippen molar-refractivity contribution in [1.82, 2.24) is 15.3 Å². The van der Waals surface area contributed by atoms with Crippen LogP contribution in [-0.2, 0) is 14.3 Å². The Hall–Kier alpha value is -3.92. The van der Waals surface area contributed by atoms with Gasteiger partial charge in [-0.25, -0.2) is 9.78 Å². The largest absolute Gasteiger partial charge is 0.497 e. The van der Waals surface area contributed by atoms with E-state index in [0.29, 0.717) is 22.1 Å². The number of aromatic nitrogens is 2. The Bertz CT molecular complexity index is 1130. The molecule has 0 bridgehead atoms. The van der Waals surface area contributed by atoms with Crippen LogP contribution in [0.4, 0.5) is 5.13 Å². The van der Waals surface area contributed by atoms with E-state index >= 15 is 0 Å². The average molecular weight is 455 g/mol. The molecule has 166 valence electrons. The van der Waals surface area contributed by atoms with Gasteiger partial charge in [0.15, 0.2) is 5.13 Å². The fourth-order valence-electron chi connectivity index (χ4n) is 2.66. The number of benzene rings is 1. The van der Waals surface area contributed by atoms with Gasteiger partial charge in [-0.3, -0.25) is 9.59 Å². The summed E-state index contributed by atoms with van der Waals surface area (Å²) < 4.78 is 9.76. The van der Waals surface area contributed by atoms with E-state index in [-0.39, 0.29) is 0 Å². The Morgan fingerprint density at radius 3 is 2.62 bits per heavy atom. The molecule has 3 N–H and O–H groups in total. The van der Waals surface area contributed by atoms with Crippen molar-refractivity contribution in [2.24, 2.45) is 0 Å². The second kappa shape index (κ2) is 10.4. The van der Waals surface area contributed by atoms with E-state index < -0.39 is 23.8 Å². The van der Waals surface area contributed by atoms with Gasteiger partial charge in [0.25, 0.3) is 0 Å². The van der Waals surface area contributed by atoms with E-state index in [1.165, 1.54) is 24.5 Å². The molecule has 32 heavy (non-hydrogen) atoms. The lowest BCUT2D eigenvalue weighted by molar-refractivity contribution is -0.123. The molecule has 10 heteroatoms. The highest BCUT2D eigenvalue weighted by Gasteiger charge is 2.17. The Labute approximate surface area is 188 Å². The van der Waals surface area contributed by atoms with Crippen LogP contribution < -0.4 is 15.4 Å². The number of ether oxygens (including phenoxy) is 2. The van der Waals surface area contributed by atoms with Crippen molar-refractivity contribution in [1.29, 1.82) is 0 Å². The van der Waals surface area contributed by atoms with E-state index in [9.17, 15) is 14.4 Å². The molecule has 1 atom stereocenters. The lowest BCUT2D eigenvalue weighted by atomic mass is 10.2. The molecule has 0 saturated carbocycles. The van der Waals surface area contributed by atoms with Gasteiger partial charge in [-0.2, -0.15) is 0 Å². The van der Waals surface area contributed by atoms with Crippen molar-refractivity contribution in [2.45, 2.75) is 13.0 Å². The standard InChI is InChI=1S/C22H22N4O5S/c1-13(24-19(27)9-6-14-4-7-16(30-2)8-5-14)20(28)26-22-25-18(12-32-22)15-10-17(23-11-15)21(29)31-3/h4-13,23H,1-3H3,(H,24,27)(H,25,26,28)/b9-6+. The van der Waals surface area contributed by atoms with Crippen LogP contribution in [-0.4, -0.2) is 48.0 Å². The zero-order valence-electron chi connectivity index (χ0n) is 17.7. The van der Waals surface area contributed by atoms with E-state index in [4.69, 9.17) is 4.74 Å². The number of esters is 1. The molecule has 2 aromatic heterocycles. The maximum Gasteiger partial charge on any atom is 0.354 e. The molecule has 0 aliphatic carbocycles. The highest BCUT2D eigenvalue weighted by molar-refractivity contribution is 7.14. The zero-order chi connectivity index (χ0) is 23.1. The molecule has 9 nitrogen and oxygen atoms in total. The fraction of sp³-hybridized carbons (Fsp3) is 0.182. The van der Waals surface area contributed by atoms with Crippen LogP contribution in [0.1, 0.15) is 23.0 Å². The summed E-state index contributed by atoms with van der Waals surface area (Å²) in [7, 11) is 2.88. The maximum absolute atomic E-state index is 12.4. The third-order valence-corrected chi connectivity index (χ3v) is 5.17. The molecule has 0 aliphatic heterocycles. The quantitative estimate of drug-likeness (QED) is 0.355. The van der Waals surface area contributed by atoms with Gasteiger partial charge in [0, 0.05) is 23.2 Å². The molecule has 1 aromatic carbocycles. The summed E-state index contributed by atoms with van der Waals surface area (Å²) in [6, 6.07) is 8.06. The van der Waals surface area contributed by atoms with Crippen molar-refractivity contribution >= 4 is 40.3 Å². The van der Waals surface area contributed by atoms with Gasteiger partial charge in [0.05, 0.1) is 19.9 Å². The molecule has 0 radical (unpaired) electrons. The van der Waals surface area contributed by atoms with Gasteiger partial charge >= 0.3 is 5.97 Å². The number of carbonyl (C=O) groups excluding carboxylic acids is 3. The number of amides is 2. The molecule has 2 heterocycles. The van der Waals surface area contributed by atoms with Gasteiger partial charge in [-0.1, -0.05) is 12.1 Å². The minimum atomic E-state index is -0.770. The second-order valence-electron chi connectivity index (χ2n) is 6.66. The van der Waals surface area contributed by atoms with Crippen LogP contribution in [0.5, 0.6) is 5.75 Å². The topological polar surface area (TPSA) is 122 Å². The molecule has 0 fully saturated rings. The number of thiazole rings is 1. The highest BCUT2D eigenvalue weighted by Crippen LogP contribution is 2.25. The first-order valence-corrected chi connectivity index (χ1v) is 10.4. The van der Waals surface area contributed by atoms with Crippen molar-refractivity contribution in [3.05, 3.63) is 59.2 Å². The Balaban J connectivity index is 1.54. The number of nitrogens with zero attached hydrogens (tertiary/aromatic N) is 1. The first kappa shape index (κ1) is 22.8. The van der Waals surface area contributed by atoms with E-state index in [0.717, 1.165) is 11.3 Å². The fourth-order valence-corrected chi connectivity index (χ4v) is 3.38. The van der Waals surface area contributed by atoms with Crippen molar-refractivity contribution in [3.63, 3.8) is 0 Å². The Morgan fingerprint density at radius 2 is 1.94 bits per heavy atom. The molecule has 1 unspecified atom stereocenters. The lowest BCUT2D eigenvalue weighted by Gasteiger charge is -2.11. The summed E-state index contributed by atoms with van der Waals surface area (Å²) in [6.45, 7) is 1.58. The zero-order valence-corrected chi connectivity index (χ0v) is 18.5. The smallest absolute Gasteiger partial charge is 0.354 e. The molecule has 0 saturated heterocycles. The van der Waals surface area contributed by atoms with Crippen LogP contribution in [0.2, 0.25) is 0 Å². The number of methoxy groups -OCH3 is 2. The first-order chi connectivity index (χ1) is 15.4. The molecular formula is C22H22N4O5S. The minimum absolute atomic E-state index is 0.306. The van der Waals surface area contributed by atoms with Gasteiger partial charge in [0.1, 0.15) is 17.5 Å². The summed E-state index contributed by atoms with van der Waals surface area (Å²) in [5.74, 6) is -0.555. The summed E-state index contributed by atoms with van der Waals surface area (Å²) in [4.78, 5) is 43.2. The SMILES string of the molecule is COC(=O)c1cc(-c2csc(NC(=O)C(C)NC(=O)/C=C/c3ccc(OC)cc3)n2)c[nH]1. The predicted octanol–water partition coefficient (Wildman–Crippen LogP) is 3.09. The summed E-state index contributed by atoms with van der Waals surface area (Å²) in [5.41, 5.74) is 2.41. The van der Waals surface area contributed by atoms with Crippen molar-refractivity contribution < 1.29 is 23.9 Å². The van der Waals surface area contributed by atoms with Crippen LogP contribution in [0, 0.1) is 0 Å². The van der Waals surface area contributed by atoms with Crippen LogP contribution in [0.25, 0.3) is 17.3 Å². The van der Waals surface area contributed by atoms with Crippen molar-refractivity contribution in [2.75, 3.05) is 19.5 Å². The number of nitrogens with one attached hydrogen (secondary N) is 3.